The molecule has 0 spiro atoms. The largest absolute Gasteiger partial charge is 0.496 e. The molecule has 30 heavy (non-hydrogen) atoms. The lowest BCUT2D eigenvalue weighted by molar-refractivity contribution is 0.100. The molecule has 3 rings (SSSR count). The number of ether oxygens (including phenoxy) is 1. The Morgan fingerprint density at radius 1 is 1.13 bits per heavy atom. The molecule has 0 atom stereocenters. The number of amides is 2. The number of nitrogens with two attached hydrogens (primary N) is 1. The van der Waals surface area contributed by atoms with Gasteiger partial charge in [0.15, 0.2) is 0 Å². The summed E-state index contributed by atoms with van der Waals surface area (Å²) < 4.78 is 19.3. The van der Waals surface area contributed by atoms with Gasteiger partial charge in [-0.15, -0.1) is 0 Å². The zero-order valence-electron chi connectivity index (χ0n) is 16.5. The standard InChI is InChI=1S/C20H19FN6O3/c1-10-7-17(25-11(2)24-10)27-16-8-14(12(9-23-16)19(22)28)26-20(29)18-13(21)5-4-6-15(18)30-3/h4-9H,1-3H3,(H2,22,28)(H2,23,24,25,26,27,29). The summed E-state index contributed by atoms with van der Waals surface area (Å²) >= 11 is 0. The number of pyridine rings is 1. The molecule has 0 aliphatic carbocycles. The average molecular weight is 410 g/mol. The fourth-order valence-corrected chi connectivity index (χ4v) is 2.82. The molecule has 2 aromatic heterocycles. The van der Waals surface area contributed by atoms with Crippen molar-refractivity contribution in [3.05, 3.63) is 65.0 Å². The van der Waals surface area contributed by atoms with Crippen LogP contribution in [-0.4, -0.2) is 33.9 Å². The Bertz CT molecular complexity index is 1120. The van der Waals surface area contributed by atoms with Crippen LogP contribution >= 0.6 is 0 Å². The van der Waals surface area contributed by atoms with Crippen LogP contribution in [-0.2, 0) is 0 Å². The molecule has 2 heterocycles. The van der Waals surface area contributed by atoms with E-state index in [2.05, 4.69) is 25.6 Å². The molecule has 3 aromatic rings. The third kappa shape index (κ3) is 4.49. The van der Waals surface area contributed by atoms with Gasteiger partial charge in [-0.3, -0.25) is 9.59 Å². The molecular formula is C20H19FN6O3. The summed E-state index contributed by atoms with van der Waals surface area (Å²) in [6.45, 7) is 3.56. The highest BCUT2D eigenvalue weighted by Crippen LogP contribution is 2.25. The van der Waals surface area contributed by atoms with Gasteiger partial charge in [0.1, 0.15) is 34.6 Å². The summed E-state index contributed by atoms with van der Waals surface area (Å²) in [7, 11) is 1.32. The Morgan fingerprint density at radius 3 is 2.57 bits per heavy atom. The fourth-order valence-electron chi connectivity index (χ4n) is 2.82. The van der Waals surface area contributed by atoms with E-state index in [0.717, 1.165) is 11.8 Å². The van der Waals surface area contributed by atoms with Crippen molar-refractivity contribution >= 4 is 29.1 Å². The lowest BCUT2D eigenvalue weighted by Gasteiger charge is -2.13. The first-order valence-corrected chi connectivity index (χ1v) is 8.81. The lowest BCUT2D eigenvalue weighted by Crippen LogP contribution is -2.20. The Kier molecular flexibility index (Phi) is 5.86. The number of hydrogen-bond donors (Lipinski definition) is 3. The van der Waals surface area contributed by atoms with Crippen molar-refractivity contribution < 1.29 is 18.7 Å². The predicted molar refractivity (Wildman–Crippen MR) is 108 cm³/mol. The van der Waals surface area contributed by atoms with Gasteiger partial charge in [0.2, 0.25) is 0 Å². The maximum absolute atomic E-state index is 14.2. The minimum atomic E-state index is -0.807. The molecule has 0 aliphatic rings. The quantitative estimate of drug-likeness (QED) is 0.569. The van der Waals surface area contributed by atoms with E-state index >= 15 is 0 Å². The van der Waals surface area contributed by atoms with Crippen molar-refractivity contribution in [2.75, 3.05) is 17.7 Å². The van der Waals surface area contributed by atoms with Gasteiger partial charge < -0.3 is 21.1 Å². The molecule has 0 saturated heterocycles. The number of anilines is 3. The van der Waals surface area contributed by atoms with Crippen LogP contribution in [0.25, 0.3) is 0 Å². The van der Waals surface area contributed by atoms with Gasteiger partial charge in [0.05, 0.1) is 18.4 Å². The van der Waals surface area contributed by atoms with E-state index in [1.807, 2.05) is 6.92 Å². The highest BCUT2D eigenvalue weighted by molar-refractivity contribution is 6.10. The van der Waals surface area contributed by atoms with Crippen molar-refractivity contribution in [3.8, 4) is 5.75 Å². The third-order valence-electron chi connectivity index (χ3n) is 4.06. The predicted octanol–water partition coefficient (Wildman–Crippen LogP) is 2.73. The van der Waals surface area contributed by atoms with Gasteiger partial charge in [-0.2, -0.15) is 0 Å². The van der Waals surface area contributed by atoms with Crippen LogP contribution in [0.2, 0.25) is 0 Å². The number of rotatable bonds is 6. The van der Waals surface area contributed by atoms with E-state index < -0.39 is 17.6 Å². The molecule has 0 bridgehead atoms. The summed E-state index contributed by atoms with van der Waals surface area (Å²) in [5.74, 6) is -1.01. The zero-order chi connectivity index (χ0) is 21.8. The molecule has 0 fully saturated rings. The van der Waals surface area contributed by atoms with Crippen molar-refractivity contribution in [1.82, 2.24) is 15.0 Å². The van der Waals surface area contributed by atoms with Gasteiger partial charge in [0.25, 0.3) is 11.8 Å². The molecule has 154 valence electrons. The lowest BCUT2D eigenvalue weighted by atomic mass is 10.1. The first kappa shape index (κ1) is 20.6. The number of carbonyl (C=O) groups excluding carboxylic acids is 2. The zero-order valence-corrected chi connectivity index (χ0v) is 16.5. The number of hydrogen-bond acceptors (Lipinski definition) is 7. The molecule has 2 amide bonds. The summed E-state index contributed by atoms with van der Waals surface area (Å²) in [4.78, 5) is 37.1. The molecule has 9 nitrogen and oxygen atoms in total. The van der Waals surface area contributed by atoms with E-state index in [-0.39, 0.29) is 28.4 Å². The number of halogens is 1. The maximum atomic E-state index is 14.2. The fraction of sp³-hybridized carbons (Fsp3) is 0.150. The van der Waals surface area contributed by atoms with Gasteiger partial charge in [0, 0.05) is 24.0 Å². The topological polar surface area (TPSA) is 132 Å². The second-order valence-corrected chi connectivity index (χ2v) is 6.32. The smallest absolute Gasteiger partial charge is 0.262 e. The molecule has 0 saturated carbocycles. The summed E-state index contributed by atoms with van der Waals surface area (Å²) in [5, 5.41) is 5.47. The molecule has 4 N–H and O–H groups in total. The second kappa shape index (κ2) is 8.52. The van der Waals surface area contributed by atoms with Gasteiger partial charge in [-0.25, -0.2) is 19.3 Å². The molecule has 0 radical (unpaired) electrons. The van der Waals surface area contributed by atoms with Gasteiger partial charge in [-0.1, -0.05) is 6.07 Å². The van der Waals surface area contributed by atoms with Crippen LogP contribution in [0.1, 0.15) is 32.2 Å². The van der Waals surface area contributed by atoms with Gasteiger partial charge in [-0.05, 0) is 26.0 Å². The number of nitrogens with one attached hydrogen (secondary N) is 2. The number of carbonyl (C=O) groups is 2. The maximum Gasteiger partial charge on any atom is 0.262 e. The van der Waals surface area contributed by atoms with Crippen molar-refractivity contribution in [2.24, 2.45) is 5.73 Å². The first-order valence-electron chi connectivity index (χ1n) is 8.81. The highest BCUT2D eigenvalue weighted by Gasteiger charge is 2.20. The monoisotopic (exact) mass is 410 g/mol. The summed E-state index contributed by atoms with van der Waals surface area (Å²) in [6.07, 6.45) is 1.21. The Labute approximate surface area is 171 Å². The normalized spacial score (nSPS) is 10.4. The minimum absolute atomic E-state index is 0.0424. The van der Waals surface area contributed by atoms with Crippen LogP contribution in [0.4, 0.5) is 21.7 Å². The van der Waals surface area contributed by atoms with E-state index in [0.29, 0.717) is 11.6 Å². The van der Waals surface area contributed by atoms with E-state index in [1.165, 1.54) is 31.5 Å². The third-order valence-corrected chi connectivity index (χ3v) is 4.06. The Hall–Kier alpha value is -4.08. The molecule has 0 unspecified atom stereocenters. The van der Waals surface area contributed by atoms with E-state index in [4.69, 9.17) is 10.5 Å². The number of methoxy groups -OCH3 is 1. The van der Waals surface area contributed by atoms with Crippen LogP contribution in [0.5, 0.6) is 5.75 Å². The number of benzene rings is 1. The van der Waals surface area contributed by atoms with Crippen LogP contribution in [0.3, 0.4) is 0 Å². The number of aromatic nitrogens is 3. The Morgan fingerprint density at radius 2 is 1.90 bits per heavy atom. The van der Waals surface area contributed by atoms with Crippen LogP contribution in [0.15, 0.2) is 36.5 Å². The van der Waals surface area contributed by atoms with Crippen molar-refractivity contribution in [3.63, 3.8) is 0 Å². The Balaban J connectivity index is 1.96. The number of nitrogens with zero attached hydrogens (tertiary/aromatic N) is 3. The molecule has 1 aromatic carbocycles. The second-order valence-electron chi connectivity index (χ2n) is 6.32. The van der Waals surface area contributed by atoms with Crippen molar-refractivity contribution in [1.29, 1.82) is 0 Å². The van der Waals surface area contributed by atoms with E-state index in [9.17, 15) is 14.0 Å². The molecular weight excluding hydrogens is 391 g/mol. The number of primary amides is 1. The SMILES string of the molecule is COc1cccc(F)c1C(=O)Nc1cc(Nc2cc(C)nc(C)n2)ncc1C(N)=O. The molecule has 10 heteroatoms. The van der Waals surface area contributed by atoms with E-state index in [1.54, 1.807) is 13.0 Å². The summed E-state index contributed by atoms with van der Waals surface area (Å²) in [6, 6.07) is 7.11. The van der Waals surface area contributed by atoms with Crippen LogP contribution < -0.4 is 21.1 Å². The van der Waals surface area contributed by atoms with Gasteiger partial charge >= 0.3 is 0 Å². The average Bonchev–Trinajstić information content (AvgIpc) is 2.66. The minimum Gasteiger partial charge on any atom is -0.496 e. The first-order chi connectivity index (χ1) is 14.3. The molecule has 0 aliphatic heterocycles. The number of aryl methyl sites for hydroxylation is 2. The van der Waals surface area contributed by atoms with Crippen LogP contribution in [0, 0.1) is 19.7 Å². The summed E-state index contributed by atoms with van der Waals surface area (Å²) in [5.41, 5.74) is 5.85. The highest BCUT2D eigenvalue weighted by atomic mass is 19.1. The van der Waals surface area contributed by atoms with Crippen molar-refractivity contribution in [2.45, 2.75) is 13.8 Å².